The van der Waals surface area contributed by atoms with Crippen LogP contribution in [0.2, 0.25) is 0 Å². The van der Waals surface area contributed by atoms with Gasteiger partial charge in [-0.3, -0.25) is 0 Å². The van der Waals surface area contributed by atoms with E-state index in [0.717, 1.165) is 18.8 Å². The van der Waals surface area contributed by atoms with Crippen LogP contribution in [0.25, 0.3) is 0 Å². The summed E-state index contributed by atoms with van der Waals surface area (Å²) in [5.41, 5.74) is 7.83. The number of unbranched alkanes of at least 4 members (excludes halogenated alkanes) is 3. The van der Waals surface area contributed by atoms with Gasteiger partial charge in [0.25, 0.3) is 0 Å². The summed E-state index contributed by atoms with van der Waals surface area (Å²) in [7, 11) is 0. The lowest BCUT2D eigenvalue weighted by molar-refractivity contribution is 0.305. The van der Waals surface area contributed by atoms with Crippen LogP contribution in [-0.2, 0) is 0 Å². The number of hydrogen-bond donors (Lipinski definition) is 0. The molecule has 0 bridgehead atoms. The Balaban J connectivity index is 2.15. The second kappa shape index (κ2) is 6.30. The maximum Gasteiger partial charge on any atom is 0.119 e. The van der Waals surface area contributed by atoms with Crippen molar-refractivity contribution in [3.63, 3.8) is 0 Å². The van der Waals surface area contributed by atoms with Crippen molar-refractivity contribution in [3.8, 4) is 5.75 Å². The third-order valence-corrected chi connectivity index (χ3v) is 2.12. The van der Waals surface area contributed by atoms with Crippen LogP contribution in [0.1, 0.15) is 32.6 Å². The molecule has 0 saturated carbocycles. The summed E-state index contributed by atoms with van der Waals surface area (Å²) in [6, 6.07) is 7.20. The van der Waals surface area contributed by atoms with Crippen molar-refractivity contribution in [2.75, 3.05) is 6.61 Å². The molecule has 2 nitrogen and oxygen atoms in total. The highest BCUT2D eigenvalue weighted by Crippen LogP contribution is 2.14. The standard InChI is InChI=1S/C12H18NO/c1-2-3-4-5-10-14-12-8-6-11(13)7-9-12/h6-9,13H,2-5,10H2,1H3. The van der Waals surface area contributed by atoms with E-state index in [-0.39, 0.29) is 0 Å². The molecule has 2 heteroatoms. The Bertz CT molecular complexity index is 243. The molecule has 1 radical (unpaired) electrons. The van der Waals surface area contributed by atoms with Gasteiger partial charge in [0.05, 0.1) is 12.3 Å². The van der Waals surface area contributed by atoms with Crippen LogP contribution in [0.15, 0.2) is 24.3 Å². The van der Waals surface area contributed by atoms with Crippen LogP contribution in [0, 0.1) is 0 Å². The SMILES string of the molecule is CCCCCCOc1ccc([NH])cc1. The maximum atomic E-state index is 7.30. The number of ether oxygens (including phenoxy) is 1. The largest absolute Gasteiger partial charge is 0.494 e. The average molecular weight is 192 g/mol. The fraction of sp³-hybridized carbons (Fsp3) is 0.500. The minimum Gasteiger partial charge on any atom is -0.494 e. The zero-order chi connectivity index (χ0) is 10.2. The van der Waals surface area contributed by atoms with Crippen molar-refractivity contribution in [1.82, 2.24) is 5.73 Å². The first-order chi connectivity index (χ1) is 6.83. The van der Waals surface area contributed by atoms with E-state index >= 15 is 0 Å². The number of nitrogens with one attached hydrogen (secondary N) is 1. The van der Waals surface area contributed by atoms with Gasteiger partial charge in [-0.05, 0) is 30.7 Å². The smallest absolute Gasteiger partial charge is 0.119 e. The first kappa shape index (κ1) is 10.9. The molecule has 0 amide bonds. The minimum atomic E-state index is 0.531. The third-order valence-electron chi connectivity index (χ3n) is 2.12. The normalized spacial score (nSPS) is 10.1. The van der Waals surface area contributed by atoms with E-state index < -0.39 is 0 Å². The van der Waals surface area contributed by atoms with Crippen LogP contribution in [0.4, 0.5) is 5.69 Å². The second-order valence-corrected chi connectivity index (χ2v) is 3.43. The van der Waals surface area contributed by atoms with Gasteiger partial charge in [-0.2, -0.15) is 0 Å². The monoisotopic (exact) mass is 192 g/mol. The van der Waals surface area contributed by atoms with E-state index in [4.69, 9.17) is 10.5 Å². The van der Waals surface area contributed by atoms with E-state index in [1.54, 1.807) is 12.1 Å². The van der Waals surface area contributed by atoms with Crippen LogP contribution in [0.3, 0.4) is 0 Å². The Hall–Kier alpha value is -1.18. The average Bonchev–Trinajstić information content (AvgIpc) is 2.21. The van der Waals surface area contributed by atoms with Crippen molar-refractivity contribution < 1.29 is 4.74 Å². The topological polar surface area (TPSA) is 33.0 Å². The van der Waals surface area contributed by atoms with Crippen LogP contribution >= 0.6 is 0 Å². The molecule has 0 unspecified atom stereocenters. The highest BCUT2D eigenvalue weighted by atomic mass is 16.5. The summed E-state index contributed by atoms with van der Waals surface area (Å²) in [6.45, 7) is 2.99. The number of benzene rings is 1. The van der Waals surface area contributed by atoms with E-state index in [2.05, 4.69) is 6.92 Å². The Morgan fingerprint density at radius 2 is 1.79 bits per heavy atom. The molecular formula is C12H18NO. The molecule has 1 aromatic rings. The van der Waals surface area contributed by atoms with Crippen molar-refractivity contribution in [3.05, 3.63) is 24.3 Å². The van der Waals surface area contributed by atoms with E-state index in [1.165, 1.54) is 19.3 Å². The molecule has 1 aromatic carbocycles. The fourth-order valence-electron chi connectivity index (χ4n) is 1.27. The van der Waals surface area contributed by atoms with E-state index in [9.17, 15) is 0 Å². The van der Waals surface area contributed by atoms with Gasteiger partial charge < -0.3 is 10.5 Å². The Labute approximate surface area is 86.1 Å². The molecule has 0 saturated heterocycles. The van der Waals surface area contributed by atoms with Crippen molar-refractivity contribution >= 4 is 5.69 Å². The molecule has 77 valence electrons. The molecule has 1 N–H and O–H groups in total. The summed E-state index contributed by atoms with van der Waals surface area (Å²) in [5, 5.41) is 0. The summed E-state index contributed by atoms with van der Waals surface area (Å²) in [6.07, 6.45) is 4.91. The molecule has 0 aromatic heterocycles. The van der Waals surface area contributed by atoms with Crippen molar-refractivity contribution in [2.45, 2.75) is 32.6 Å². The lowest BCUT2D eigenvalue weighted by Gasteiger charge is -2.05. The third kappa shape index (κ3) is 4.17. The van der Waals surface area contributed by atoms with Crippen molar-refractivity contribution in [2.24, 2.45) is 0 Å². The number of rotatable bonds is 6. The van der Waals surface area contributed by atoms with Gasteiger partial charge in [-0.1, -0.05) is 26.2 Å². The first-order valence-corrected chi connectivity index (χ1v) is 5.27. The molecular weight excluding hydrogens is 174 g/mol. The molecule has 14 heavy (non-hydrogen) atoms. The van der Waals surface area contributed by atoms with Crippen LogP contribution in [0.5, 0.6) is 5.75 Å². The highest BCUT2D eigenvalue weighted by Gasteiger charge is 1.93. The molecule has 0 spiro atoms. The Kier molecular flexibility index (Phi) is 4.90. The fourth-order valence-corrected chi connectivity index (χ4v) is 1.27. The van der Waals surface area contributed by atoms with Crippen LogP contribution < -0.4 is 10.5 Å². The lowest BCUT2D eigenvalue weighted by atomic mass is 10.2. The van der Waals surface area contributed by atoms with E-state index in [0.29, 0.717) is 5.69 Å². The second-order valence-electron chi connectivity index (χ2n) is 3.43. The van der Waals surface area contributed by atoms with Crippen molar-refractivity contribution in [1.29, 1.82) is 0 Å². The summed E-state index contributed by atoms with van der Waals surface area (Å²) in [4.78, 5) is 0. The highest BCUT2D eigenvalue weighted by molar-refractivity contribution is 5.38. The summed E-state index contributed by atoms with van der Waals surface area (Å²) < 4.78 is 5.52. The quantitative estimate of drug-likeness (QED) is 0.634. The molecule has 0 fully saturated rings. The minimum absolute atomic E-state index is 0.531. The predicted octanol–water partition coefficient (Wildman–Crippen LogP) is 3.56. The van der Waals surface area contributed by atoms with Gasteiger partial charge in [-0.15, -0.1) is 0 Å². The predicted molar refractivity (Wildman–Crippen MR) is 58.8 cm³/mol. The van der Waals surface area contributed by atoms with Gasteiger partial charge in [0, 0.05) is 0 Å². The lowest BCUT2D eigenvalue weighted by Crippen LogP contribution is -1.96. The Morgan fingerprint density at radius 1 is 1.07 bits per heavy atom. The van der Waals surface area contributed by atoms with Gasteiger partial charge in [0.2, 0.25) is 0 Å². The molecule has 0 aliphatic heterocycles. The Morgan fingerprint density at radius 3 is 2.43 bits per heavy atom. The zero-order valence-electron chi connectivity index (χ0n) is 8.75. The van der Waals surface area contributed by atoms with Gasteiger partial charge in [0.1, 0.15) is 5.75 Å². The van der Waals surface area contributed by atoms with Gasteiger partial charge in [0.15, 0.2) is 0 Å². The summed E-state index contributed by atoms with van der Waals surface area (Å²) in [5.74, 6) is 0.873. The van der Waals surface area contributed by atoms with Gasteiger partial charge in [-0.25, -0.2) is 0 Å². The summed E-state index contributed by atoms with van der Waals surface area (Å²) >= 11 is 0. The van der Waals surface area contributed by atoms with Crippen LogP contribution in [-0.4, -0.2) is 6.61 Å². The molecule has 1 rings (SSSR count). The maximum absolute atomic E-state index is 7.30. The molecule has 0 heterocycles. The van der Waals surface area contributed by atoms with Gasteiger partial charge >= 0.3 is 0 Å². The number of hydrogen-bond acceptors (Lipinski definition) is 1. The van der Waals surface area contributed by atoms with E-state index in [1.807, 2.05) is 12.1 Å². The molecule has 0 aliphatic carbocycles. The first-order valence-electron chi connectivity index (χ1n) is 5.27. The molecule has 0 atom stereocenters. The molecule has 0 aliphatic rings. The zero-order valence-corrected chi connectivity index (χ0v) is 8.75.